The molecule has 0 aliphatic carbocycles. The van der Waals surface area contributed by atoms with E-state index >= 15 is 0 Å². The fourth-order valence-corrected chi connectivity index (χ4v) is 2.28. The number of hydrogen-bond acceptors (Lipinski definition) is 0. The van der Waals surface area contributed by atoms with E-state index in [1.165, 1.54) is 5.57 Å². The molecule has 0 aliphatic rings. The topological polar surface area (TPSA) is 0 Å². The second kappa shape index (κ2) is 5.48. The lowest BCUT2D eigenvalue weighted by Crippen LogP contribution is -2.24. The van der Waals surface area contributed by atoms with Crippen molar-refractivity contribution in [3.63, 3.8) is 0 Å². The van der Waals surface area contributed by atoms with Crippen molar-refractivity contribution in [3.8, 4) is 0 Å². The van der Waals surface area contributed by atoms with Gasteiger partial charge in [0.05, 0.1) is 0 Å². The zero-order chi connectivity index (χ0) is 12.1. The molecule has 88 valence electrons. The Kier molecular flexibility index (Phi) is 5.27. The first-order valence-electron chi connectivity index (χ1n) is 5.69. The highest BCUT2D eigenvalue weighted by molar-refractivity contribution is 5.11. The average Bonchev–Trinajstić information content (AvgIpc) is 1.98. The van der Waals surface area contributed by atoms with Gasteiger partial charge < -0.3 is 0 Å². The van der Waals surface area contributed by atoms with E-state index in [9.17, 15) is 4.39 Å². The molecule has 0 saturated carbocycles. The molecule has 0 amide bonds. The third-order valence-electron chi connectivity index (χ3n) is 2.41. The minimum atomic E-state index is -1.09. The van der Waals surface area contributed by atoms with Crippen molar-refractivity contribution in [1.29, 1.82) is 0 Å². The first kappa shape index (κ1) is 14.4. The van der Waals surface area contributed by atoms with Gasteiger partial charge in [-0.25, -0.2) is 4.39 Å². The highest BCUT2D eigenvalue weighted by Crippen LogP contribution is 2.36. The molecule has 0 spiro atoms. The minimum Gasteiger partial charge on any atom is -0.244 e. The highest BCUT2D eigenvalue weighted by Gasteiger charge is 2.28. The monoisotopic (exact) mass is 212 g/mol. The van der Waals surface area contributed by atoms with Crippen molar-refractivity contribution < 1.29 is 4.39 Å². The molecule has 0 nitrogen and oxygen atoms in total. The van der Waals surface area contributed by atoms with Crippen LogP contribution in [0.5, 0.6) is 0 Å². The fraction of sp³-hybridized carbons (Fsp3) is 0.714. The molecular weight excluding hydrogens is 187 g/mol. The summed E-state index contributed by atoms with van der Waals surface area (Å²) in [5, 5.41) is 0. The van der Waals surface area contributed by atoms with Gasteiger partial charge in [0.2, 0.25) is 0 Å². The summed E-state index contributed by atoms with van der Waals surface area (Å²) >= 11 is 0. The maximum atomic E-state index is 13.6. The Morgan fingerprint density at radius 2 is 1.80 bits per heavy atom. The summed E-state index contributed by atoms with van der Waals surface area (Å²) in [7, 11) is 0. The second-order valence-corrected chi connectivity index (χ2v) is 5.65. The molecule has 0 fully saturated rings. The lowest BCUT2D eigenvalue weighted by Gasteiger charge is -2.30. The maximum absolute atomic E-state index is 13.6. The Balaban J connectivity index is 4.48. The molecule has 0 rings (SSSR count). The van der Waals surface area contributed by atoms with E-state index in [2.05, 4.69) is 27.4 Å². The Labute approximate surface area is 94.3 Å². The van der Waals surface area contributed by atoms with E-state index in [1.807, 2.05) is 12.2 Å². The second-order valence-electron chi connectivity index (χ2n) is 5.65. The smallest absolute Gasteiger partial charge is 0.106 e. The lowest BCUT2D eigenvalue weighted by molar-refractivity contribution is 0.128. The molecular formula is C14H25F. The van der Waals surface area contributed by atoms with Crippen LogP contribution in [0.25, 0.3) is 0 Å². The van der Waals surface area contributed by atoms with Gasteiger partial charge in [0.25, 0.3) is 0 Å². The van der Waals surface area contributed by atoms with Crippen LogP contribution in [0.4, 0.5) is 4.39 Å². The maximum Gasteiger partial charge on any atom is 0.106 e. The molecule has 0 atom stereocenters. The summed E-state index contributed by atoms with van der Waals surface area (Å²) in [6.45, 7) is 13.4. The Morgan fingerprint density at radius 1 is 1.27 bits per heavy atom. The van der Waals surface area contributed by atoms with E-state index < -0.39 is 5.67 Å². The van der Waals surface area contributed by atoms with Gasteiger partial charge in [-0.05, 0) is 38.5 Å². The summed E-state index contributed by atoms with van der Waals surface area (Å²) < 4.78 is 13.6. The largest absolute Gasteiger partial charge is 0.244 e. The minimum absolute atomic E-state index is 0.0170. The van der Waals surface area contributed by atoms with Crippen molar-refractivity contribution in [1.82, 2.24) is 0 Å². The average molecular weight is 212 g/mol. The van der Waals surface area contributed by atoms with Gasteiger partial charge in [-0.1, -0.05) is 45.1 Å². The fourth-order valence-electron chi connectivity index (χ4n) is 2.28. The standard InChI is InChI=1S/C14H25F/c1-7-9-12(8-2)10-13(3,4)11-14(5,6)15/h7,9H,1,8,10-11H2,2-6H3/b12-9+. The molecule has 0 aromatic rings. The molecule has 0 aliphatic heterocycles. The number of hydrogen-bond donors (Lipinski definition) is 0. The number of rotatable bonds is 6. The molecule has 1 heteroatoms. The van der Waals surface area contributed by atoms with Crippen LogP contribution in [0.15, 0.2) is 24.3 Å². The highest BCUT2D eigenvalue weighted by atomic mass is 19.1. The number of halogens is 1. The summed E-state index contributed by atoms with van der Waals surface area (Å²) in [4.78, 5) is 0. The molecule has 0 aromatic carbocycles. The zero-order valence-electron chi connectivity index (χ0n) is 10.9. The summed E-state index contributed by atoms with van der Waals surface area (Å²) in [6.07, 6.45) is 6.42. The molecule has 0 heterocycles. The Hall–Kier alpha value is -0.590. The Morgan fingerprint density at radius 3 is 2.13 bits per heavy atom. The molecule has 0 radical (unpaired) electrons. The van der Waals surface area contributed by atoms with Crippen LogP contribution in [-0.2, 0) is 0 Å². The summed E-state index contributed by atoms with van der Waals surface area (Å²) in [5.41, 5.74) is 0.277. The molecule has 0 N–H and O–H groups in total. The van der Waals surface area contributed by atoms with Crippen molar-refractivity contribution in [3.05, 3.63) is 24.3 Å². The van der Waals surface area contributed by atoms with Gasteiger partial charge in [-0.2, -0.15) is 0 Å². The van der Waals surface area contributed by atoms with Crippen molar-refractivity contribution in [2.45, 2.75) is 59.5 Å². The van der Waals surface area contributed by atoms with E-state index in [0.717, 1.165) is 12.8 Å². The quantitative estimate of drug-likeness (QED) is 0.540. The molecule has 0 saturated heterocycles. The van der Waals surface area contributed by atoms with E-state index in [0.29, 0.717) is 6.42 Å². The number of alkyl halides is 1. The van der Waals surface area contributed by atoms with Crippen LogP contribution >= 0.6 is 0 Å². The van der Waals surface area contributed by atoms with Crippen LogP contribution in [-0.4, -0.2) is 5.67 Å². The zero-order valence-corrected chi connectivity index (χ0v) is 10.9. The first-order chi connectivity index (χ1) is 6.70. The van der Waals surface area contributed by atoms with Crippen molar-refractivity contribution in [2.75, 3.05) is 0 Å². The summed E-state index contributed by atoms with van der Waals surface area (Å²) in [6, 6.07) is 0. The van der Waals surface area contributed by atoms with Gasteiger partial charge in [0.15, 0.2) is 0 Å². The summed E-state index contributed by atoms with van der Waals surface area (Å²) in [5.74, 6) is 0. The van der Waals surface area contributed by atoms with Crippen LogP contribution in [0.1, 0.15) is 53.9 Å². The third kappa shape index (κ3) is 7.35. The molecule has 15 heavy (non-hydrogen) atoms. The van der Waals surface area contributed by atoms with E-state index in [-0.39, 0.29) is 5.41 Å². The van der Waals surface area contributed by atoms with Crippen LogP contribution in [0.2, 0.25) is 0 Å². The van der Waals surface area contributed by atoms with Crippen molar-refractivity contribution in [2.24, 2.45) is 5.41 Å². The van der Waals surface area contributed by atoms with Gasteiger partial charge in [-0.3, -0.25) is 0 Å². The molecule has 0 aromatic heterocycles. The van der Waals surface area contributed by atoms with Crippen LogP contribution in [0, 0.1) is 5.41 Å². The SMILES string of the molecule is C=C/C=C(\CC)CC(C)(C)CC(C)(C)F. The third-order valence-corrected chi connectivity index (χ3v) is 2.41. The van der Waals surface area contributed by atoms with Crippen LogP contribution < -0.4 is 0 Å². The van der Waals surface area contributed by atoms with E-state index in [4.69, 9.17) is 0 Å². The van der Waals surface area contributed by atoms with E-state index in [1.54, 1.807) is 13.8 Å². The lowest BCUT2D eigenvalue weighted by atomic mass is 9.77. The van der Waals surface area contributed by atoms with Gasteiger partial charge in [-0.15, -0.1) is 0 Å². The normalized spacial score (nSPS) is 14.1. The molecule has 0 unspecified atom stereocenters. The van der Waals surface area contributed by atoms with Gasteiger partial charge >= 0.3 is 0 Å². The Bertz CT molecular complexity index is 228. The van der Waals surface area contributed by atoms with Crippen LogP contribution in [0.3, 0.4) is 0 Å². The number of allylic oxidation sites excluding steroid dienone is 3. The van der Waals surface area contributed by atoms with Gasteiger partial charge in [0.1, 0.15) is 5.67 Å². The van der Waals surface area contributed by atoms with Gasteiger partial charge in [0, 0.05) is 0 Å². The first-order valence-corrected chi connectivity index (χ1v) is 5.69. The molecule has 0 bridgehead atoms. The predicted octanol–water partition coefficient (Wildman–Crippen LogP) is 5.06. The predicted molar refractivity (Wildman–Crippen MR) is 66.8 cm³/mol. The van der Waals surface area contributed by atoms with Crippen molar-refractivity contribution >= 4 is 0 Å².